The topological polar surface area (TPSA) is 264 Å². The van der Waals surface area contributed by atoms with E-state index in [1.54, 1.807) is 69.3 Å². The minimum atomic E-state index is -4.68. The zero-order chi connectivity index (χ0) is 67.1. The molecule has 25 heteroatoms. The summed E-state index contributed by atoms with van der Waals surface area (Å²) in [6.45, 7) is 5.75. The van der Waals surface area contributed by atoms with Gasteiger partial charge >= 0.3 is 24.3 Å². The number of halogens is 6. The Labute approximate surface area is 524 Å². The lowest BCUT2D eigenvalue weighted by atomic mass is 10.0. The second-order valence-electron chi connectivity index (χ2n) is 21.8. The number of benzene rings is 7. The Bertz CT molecular complexity index is 3930. The van der Waals surface area contributed by atoms with Crippen LogP contribution in [0.1, 0.15) is 86.0 Å². The van der Waals surface area contributed by atoms with E-state index < -0.39 is 90.6 Å². The summed E-state index contributed by atoms with van der Waals surface area (Å²) in [6.07, 6.45) is -10.5. The number of aliphatic carboxylic acids is 1. The molecule has 0 bridgehead atoms. The van der Waals surface area contributed by atoms with Gasteiger partial charge in [0.2, 0.25) is 17.6 Å². The summed E-state index contributed by atoms with van der Waals surface area (Å²) in [6, 6.07) is 39.3. The van der Waals surface area contributed by atoms with E-state index in [4.69, 9.17) is 24.1 Å². The Morgan fingerprint density at radius 1 is 0.576 bits per heavy atom. The maximum absolute atomic E-state index is 13.5. The molecule has 0 unspecified atom stereocenters. The average molecular weight is 1270 g/mol. The Hall–Kier alpha value is -10.7. The number of alkyl halides is 6. The summed E-state index contributed by atoms with van der Waals surface area (Å²) < 4.78 is 102. The first-order valence-electron chi connectivity index (χ1n) is 28.1. The van der Waals surface area contributed by atoms with Gasteiger partial charge in [-0.25, -0.2) is 0 Å². The number of hydrogen-bond donors (Lipinski definition) is 5. The van der Waals surface area contributed by atoms with Crippen molar-refractivity contribution in [3.63, 3.8) is 0 Å². The molecule has 8 rings (SSSR count). The lowest BCUT2D eigenvalue weighted by Gasteiger charge is -2.25. The van der Waals surface area contributed by atoms with Crippen LogP contribution < -0.4 is 20.1 Å². The maximum Gasteiger partial charge on any atom is 0.416 e. The molecule has 0 aliphatic rings. The predicted molar refractivity (Wildman–Crippen MR) is 327 cm³/mol. The fraction of sp³-hybridized carbons (Fsp3) is 0.239. The van der Waals surface area contributed by atoms with Crippen LogP contribution in [-0.2, 0) is 62.2 Å². The minimum Gasteiger partial charge on any atom is -0.497 e. The van der Waals surface area contributed by atoms with E-state index in [9.17, 15) is 65.3 Å². The number of aromatic nitrogens is 2. The fourth-order valence-corrected chi connectivity index (χ4v) is 9.06. The minimum absolute atomic E-state index is 0.0113. The van der Waals surface area contributed by atoms with Crippen LogP contribution in [0.25, 0.3) is 22.8 Å². The number of amides is 4. The molecule has 1 aromatic heterocycles. The number of carbonyl (C=O) groups is 6. The molecule has 480 valence electrons. The number of methoxy groups -OCH3 is 2. The first kappa shape index (κ1) is 68.8. The molecule has 0 atom stereocenters. The van der Waals surface area contributed by atoms with E-state index in [0.717, 1.165) is 28.2 Å². The van der Waals surface area contributed by atoms with Crippen LogP contribution in [0.15, 0.2) is 162 Å². The number of aryl methyl sites for hydroxylation is 1. The Balaban J connectivity index is 0.000000262. The van der Waals surface area contributed by atoms with Gasteiger partial charge in [0, 0.05) is 46.7 Å². The molecule has 4 amide bonds. The molecular weight excluding hydrogens is 1210 g/mol. The summed E-state index contributed by atoms with van der Waals surface area (Å²) in [5, 5.41) is 35.5. The summed E-state index contributed by atoms with van der Waals surface area (Å²) in [7, 11) is 2.49. The number of esters is 1. The van der Waals surface area contributed by atoms with Crippen LogP contribution in [0.2, 0.25) is 0 Å². The van der Waals surface area contributed by atoms with Crippen LogP contribution in [0, 0.1) is 12.3 Å². The third-order valence-corrected chi connectivity index (χ3v) is 13.6. The number of carbonyl (C=O) groups excluding carboxylic acids is 5. The molecule has 92 heavy (non-hydrogen) atoms. The molecule has 5 N–H and O–H groups in total. The Kier molecular flexibility index (Phi) is 22.6. The molecule has 0 saturated heterocycles. The molecule has 0 spiro atoms. The standard InChI is InChI=1S/C35H29F3N4O6.C32H34F3N3O6/c1-21-3-7-24(8-4-21)33-40-32(41-48-33)23-9-5-22(6-10-23)19-42(20-31(44)45)34(46)25-11-14-27(15-12-25)39-30(43)17-26-13-16-28(47-2)18-29(26)35(36,37)38;1-31(2,3)44-29(41)18-38(17-20-5-7-21(8-6-20)27(36)19-39)30(42)22-9-12-24(13-10-22)37-28(40)15-23-11-14-25(43-4)16-26(23)32(33,34)35/h3-16,18H,17,19-20H2,1-2H3,(H,39,43)(H,44,45);5-14,16,36,39H,15,17-19H2,1-4H3,(H,37,40). The first-order valence-corrected chi connectivity index (χ1v) is 28.1. The second-order valence-corrected chi connectivity index (χ2v) is 21.8. The van der Waals surface area contributed by atoms with Gasteiger partial charge in [-0.05, 0) is 140 Å². The van der Waals surface area contributed by atoms with Crippen molar-refractivity contribution >= 4 is 52.7 Å². The highest BCUT2D eigenvalue weighted by Crippen LogP contribution is 2.36. The Morgan fingerprint density at radius 3 is 1.41 bits per heavy atom. The van der Waals surface area contributed by atoms with Gasteiger partial charge in [-0.1, -0.05) is 83.5 Å². The van der Waals surface area contributed by atoms with Crippen molar-refractivity contribution in [2.24, 2.45) is 0 Å². The molecule has 7 aromatic carbocycles. The van der Waals surface area contributed by atoms with Crippen molar-refractivity contribution in [2.45, 2.75) is 71.6 Å². The molecule has 0 saturated carbocycles. The van der Waals surface area contributed by atoms with Gasteiger partial charge in [0.05, 0.1) is 50.5 Å². The van der Waals surface area contributed by atoms with Crippen LogP contribution in [0.4, 0.5) is 37.7 Å². The summed E-state index contributed by atoms with van der Waals surface area (Å²) in [5.41, 5.74) is 2.08. The number of aliphatic hydroxyl groups is 1. The third-order valence-electron chi connectivity index (χ3n) is 13.6. The summed E-state index contributed by atoms with van der Waals surface area (Å²) in [5.74, 6) is -3.54. The molecular formula is C67H63F6N7O12. The fourth-order valence-electron chi connectivity index (χ4n) is 9.06. The van der Waals surface area contributed by atoms with Gasteiger partial charge in [-0.3, -0.25) is 28.8 Å². The van der Waals surface area contributed by atoms with E-state index in [1.807, 2.05) is 31.2 Å². The van der Waals surface area contributed by atoms with Gasteiger partial charge in [-0.15, -0.1) is 0 Å². The molecule has 0 aliphatic carbocycles. The number of anilines is 2. The van der Waals surface area contributed by atoms with Crippen LogP contribution in [-0.4, -0.2) is 111 Å². The molecule has 0 aliphatic heterocycles. The second kappa shape index (κ2) is 30.2. The third kappa shape index (κ3) is 19.7. The monoisotopic (exact) mass is 1270 g/mol. The number of hydrogen-bond acceptors (Lipinski definition) is 14. The first-order chi connectivity index (χ1) is 43.5. The van der Waals surface area contributed by atoms with Crippen LogP contribution in [0.3, 0.4) is 0 Å². The van der Waals surface area contributed by atoms with Crippen molar-refractivity contribution in [1.82, 2.24) is 19.9 Å². The van der Waals surface area contributed by atoms with Crippen LogP contribution >= 0.6 is 0 Å². The van der Waals surface area contributed by atoms with Crippen molar-refractivity contribution in [3.8, 4) is 34.3 Å². The van der Waals surface area contributed by atoms with E-state index in [1.165, 1.54) is 91.9 Å². The molecule has 8 aromatic rings. The van der Waals surface area contributed by atoms with E-state index in [0.29, 0.717) is 34.0 Å². The smallest absolute Gasteiger partial charge is 0.416 e. The van der Waals surface area contributed by atoms with Gasteiger partial charge in [0.25, 0.3) is 17.7 Å². The number of carboxylic acids is 1. The van der Waals surface area contributed by atoms with Gasteiger partial charge in [-0.2, -0.15) is 31.3 Å². The number of carboxylic acid groups (broad SMARTS) is 1. The van der Waals surface area contributed by atoms with Crippen molar-refractivity contribution in [2.75, 3.05) is 44.5 Å². The van der Waals surface area contributed by atoms with E-state index >= 15 is 0 Å². The average Bonchev–Trinajstić information content (AvgIpc) is 1.02. The quantitative estimate of drug-likeness (QED) is 0.0240. The van der Waals surface area contributed by atoms with Gasteiger partial charge < -0.3 is 54.8 Å². The largest absolute Gasteiger partial charge is 0.497 e. The molecule has 0 radical (unpaired) electrons. The zero-order valence-corrected chi connectivity index (χ0v) is 50.5. The van der Waals surface area contributed by atoms with E-state index in [-0.39, 0.29) is 70.5 Å². The normalized spacial score (nSPS) is 11.3. The van der Waals surface area contributed by atoms with Crippen molar-refractivity contribution < 1.29 is 84.1 Å². The van der Waals surface area contributed by atoms with Gasteiger partial charge in [0.1, 0.15) is 30.2 Å². The SMILES string of the molecule is COc1ccc(CC(=O)Nc2ccc(C(=O)N(CC(=O)O)Cc3ccc(-c4noc(-c5ccc(C)cc5)n4)cc3)cc2)c(C(F)(F)F)c1.COc1ccc(CC(=O)Nc2ccc(C(=O)N(CC(=O)OC(C)(C)C)Cc3ccc(C(=N)CO)cc3)cc2)c(C(F)(F)F)c1. The molecule has 0 fully saturated rings. The lowest BCUT2D eigenvalue weighted by Crippen LogP contribution is -2.38. The highest BCUT2D eigenvalue weighted by atomic mass is 19.4. The number of ether oxygens (including phenoxy) is 3. The van der Waals surface area contributed by atoms with Crippen molar-refractivity contribution in [3.05, 3.63) is 213 Å². The van der Waals surface area contributed by atoms with E-state index in [2.05, 4.69) is 20.8 Å². The van der Waals surface area contributed by atoms with Crippen molar-refractivity contribution in [1.29, 1.82) is 5.41 Å². The predicted octanol–water partition coefficient (Wildman–Crippen LogP) is 11.9. The lowest BCUT2D eigenvalue weighted by molar-refractivity contribution is -0.155. The number of aliphatic hydroxyl groups excluding tert-OH is 1. The highest BCUT2D eigenvalue weighted by molar-refractivity contribution is 6.00. The summed E-state index contributed by atoms with van der Waals surface area (Å²) in [4.78, 5) is 83.1. The zero-order valence-electron chi connectivity index (χ0n) is 50.5. The summed E-state index contributed by atoms with van der Waals surface area (Å²) >= 11 is 0. The highest BCUT2D eigenvalue weighted by Gasteiger charge is 2.36. The number of nitrogens with one attached hydrogen (secondary N) is 3. The number of rotatable bonds is 22. The maximum atomic E-state index is 13.5. The van der Waals surface area contributed by atoms with Gasteiger partial charge in [0.15, 0.2) is 0 Å². The molecule has 1 heterocycles. The molecule has 19 nitrogen and oxygen atoms in total. The Morgan fingerprint density at radius 2 is 1.00 bits per heavy atom. The van der Waals surface area contributed by atoms with Crippen LogP contribution in [0.5, 0.6) is 11.5 Å². The number of nitrogens with zero attached hydrogens (tertiary/aromatic N) is 4.